The Bertz CT molecular complexity index is 487. The van der Waals surface area contributed by atoms with E-state index in [2.05, 4.69) is 0 Å². The van der Waals surface area contributed by atoms with Crippen LogP contribution >= 0.6 is 11.6 Å². The molecular weight excluding hydrogens is 231 g/mol. The van der Waals surface area contributed by atoms with Crippen LogP contribution in [-0.4, -0.2) is 5.11 Å². The smallest absolute Gasteiger partial charge is 0.199 e. The van der Waals surface area contributed by atoms with Crippen molar-refractivity contribution in [2.24, 2.45) is 0 Å². The Balaban J connectivity index is 2.41. The van der Waals surface area contributed by atoms with Crippen LogP contribution in [0.2, 0.25) is 5.22 Å². The molecule has 0 bridgehead atoms. The Labute approximate surface area is 97.3 Å². The molecule has 0 amide bonds. The minimum Gasteiger partial charge on any atom is -0.453 e. The minimum absolute atomic E-state index is 0.120. The van der Waals surface area contributed by atoms with E-state index in [9.17, 15) is 9.50 Å². The summed E-state index contributed by atoms with van der Waals surface area (Å²) in [4.78, 5) is 0. The lowest BCUT2D eigenvalue weighted by molar-refractivity contribution is 0.219. The van der Waals surface area contributed by atoms with Crippen molar-refractivity contribution in [2.45, 2.75) is 13.0 Å². The summed E-state index contributed by atoms with van der Waals surface area (Å²) >= 11 is 5.74. The monoisotopic (exact) mass is 240 g/mol. The van der Waals surface area contributed by atoms with Crippen LogP contribution in [0.25, 0.3) is 0 Å². The third kappa shape index (κ3) is 2.10. The summed E-state index contributed by atoms with van der Waals surface area (Å²) in [5.74, 6) is -0.381. The normalized spacial score (nSPS) is 12.8. The number of aliphatic hydroxyl groups excluding tert-OH is 1. The lowest BCUT2D eigenvalue weighted by atomic mass is 10.0. The molecule has 0 saturated carbocycles. The second kappa shape index (κ2) is 4.28. The first-order valence-electron chi connectivity index (χ1n) is 4.76. The number of aliphatic hydroxyl groups is 1. The van der Waals surface area contributed by atoms with Gasteiger partial charge in [-0.25, -0.2) is 4.39 Å². The average Bonchev–Trinajstić information content (AvgIpc) is 2.62. The van der Waals surface area contributed by atoms with Gasteiger partial charge in [-0.1, -0.05) is 6.07 Å². The van der Waals surface area contributed by atoms with E-state index in [-0.39, 0.29) is 11.0 Å². The SMILES string of the molecule is Cc1cc(F)cc(C(O)c2ccoc2Cl)c1. The maximum Gasteiger partial charge on any atom is 0.199 e. The van der Waals surface area contributed by atoms with Crippen molar-refractivity contribution in [1.82, 2.24) is 0 Å². The van der Waals surface area contributed by atoms with E-state index in [0.29, 0.717) is 11.1 Å². The van der Waals surface area contributed by atoms with Crippen molar-refractivity contribution in [3.8, 4) is 0 Å². The zero-order valence-electron chi connectivity index (χ0n) is 8.58. The van der Waals surface area contributed by atoms with Gasteiger partial charge in [0.25, 0.3) is 0 Å². The van der Waals surface area contributed by atoms with Gasteiger partial charge in [0, 0.05) is 5.56 Å². The number of rotatable bonds is 2. The van der Waals surface area contributed by atoms with Crippen LogP contribution in [0.5, 0.6) is 0 Å². The molecule has 84 valence electrons. The highest BCUT2D eigenvalue weighted by atomic mass is 35.5. The Kier molecular flexibility index (Phi) is 2.99. The highest BCUT2D eigenvalue weighted by molar-refractivity contribution is 6.29. The molecule has 1 unspecified atom stereocenters. The molecule has 2 aromatic rings. The fraction of sp³-hybridized carbons (Fsp3) is 0.167. The number of halogens is 2. The van der Waals surface area contributed by atoms with Crippen molar-refractivity contribution in [1.29, 1.82) is 0 Å². The maximum atomic E-state index is 13.2. The largest absolute Gasteiger partial charge is 0.453 e. The van der Waals surface area contributed by atoms with E-state index in [1.165, 1.54) is 18.4 Å². The molecule has 0 radical (unpaired) electrons. The maximum absolute atomic E-state index is 13.2. The van der Waals surface area contributed by atoms with Gasteiger partial charge in [-0.3, -0.25) is 0 Å². The highest BCUT2D eigenvalue weighted by Crippen LogP contribution is 2.29. The topological polar surface area (TPSA) is 33.4 Å². The van der Waals surface area contributed by atoms with Crippen LogP contribution < -0.4 is 0 Å². The van der Waals surface area contributed by atoms with Gasteiger partial charge in [-0.2, -0.15) is 0 Å². The summed E-state index contributed by atoms with van der Waals surface area (Å²) in [5.41, 5.74) is 1.64. The average molecular weight is 241 g/mol. The molecule has 0 aliphatic heterocycles. The predicted octanol–water partition coefficient (Wildman–Crippen LogP) is 3.46. The number of benzene rings is 1. The molecule has 4 heteroatoms. The molecule has 1 aromatic carbocycles. The van der Waals surface area contributed by atoms with Gasteiger partial charge < -0.3 is 9.52 Å². The van der Waals surface area contributed by atoms with Crippen molar-refractivity contribution in [3.63, 3.8) is 0 Å². The lowest BCUT2D eigenvalue weighted by Gasteiger charge is -2.10. The standard InChI is InChI=1S/C12H10ClFO2/c1-7-4-8(6-9(14)5-7)11(15)10-2-3-16-12(10)13/h2-6,11,15H,1H3. The van der Waals surface area contributed by atoms with Crippen molar-refractivity contribution in [2.75, 3.05) is 0 Å². The second-order valence-corrected chi connectivity index (χ2v) is 3.96. The van der Waals surface area contributed by atoms with Gasteiger partial charge in [0.2, 0.25) is 0 Å². The summed E-state index contributed by atoms with van der Waals surface area (Å²) in [7, 11) is 0. The van der Waals surface area contributed by atoms with E-state index in [4.69, 9.17) is 16.0 Å². The van der Waals surface area contributed by atoms with E-state index < -0.39 is 6.10 Å². The third-order valence-corrected chi connectivity index (χ3v) is 2.63. The number of furan rings is 1. The first-order valence-corrected chi connectivity index (χ1v) is 5.14. The summed E-state index contributed by atoms with van der Waals surface area (Å²) in [6, 6.07) is 5.94. The predicted molar refractivity (Wildman–Crippen MR) is 58.9 cm³/mol. The molecular formula is C12H10ClFO2. The summed E-state index contributed by atoms with van der Waals surface area (Å²) in [5, 5.41) is 10.1. The molecule has 2 nitrogen and oxygen atoms in total. The van der Waals surface area contributed by atoms with Crippen molar-refractivity contribution in [3.05, 3.63) is 58.3 Å². The zero-order valence-corrected chi connectivity index (χ0v) is 9.33. The molecule has 1 aromatic heterocycles. The van der Waals surface area contributed by atoms with Crippen LogP contribution in [0.15, 0.2) is 34.9 Å². The molecule has 0 fully saturated rings. The van der Waals surface area contributed by atoms with E-state index in [1.807, 2.05) is 0 Å². The van der Waals surface area contributed by atoms with Crippen molar-refractivity contribution < 1.29 is 13.9 Å². The van der Waals surface area contributed by atoms with Gasteiger partial charge in [0.15, 0.2) is 5.22 Å². The molecule has 1 heterocycles. The Morgan fingerprint density at radius 3 is 2.69 bits per heavy atom. The molecule has 16 heavy (non-hydrogen) atoms. The minimum atomic E-state index is -0.972. The van der Waals surface area contributed by atoms with Gasteiger partial charge in [0.1, 0.15) is 11.9 Å². The van der Waals surface area contributed by atoms with Crippen LogP contribution in [-0.2, 0) is 0 Å². The molecule has 0 aliphatic carbocycles. The number of aryl methyl sites for hydroxylation is 1. The molecule has 1 N–H and O–H groups in total. The van der Waals surface area contributed by atoms with E-state index >= 15 is 0 Å². The van der Waals surface area contributed by atoms with E-state index in [0.717, 1.165) is 5.56 Å². The first-order chi connectivity index (χ1) is 7.58. The van der Waals surface area contributed by atoms with Crippen LogP contribution in [0.1, 0.15) is 22.8 Å². The lowest BCUT2D eigenvalue weighted by Crippen LogP contribution is -2.00. The fourth-order valence-electron chi connectivity index (χ4n) is 1.60. The van der Waals surface area contributed by atoms with E-state index in [1.54, 1.807) is 19.1 Å². The molecule has 1 atom stereocenters. The summed E-state index contributed by atoms with van der Waals surface area (Å²) < 4.78 is 18.0. The zero-order chi connectivity index (χ0) is 11.7. The van der Waals surface area contributed by atoms with Gasteiger partial charge >= 0.3 is 0 Å². The second-order valence-electron chi connectivity index (χ2n) is 3.61. The van der Waals surface area contributed by atoms with Gasteiger partial charge in [0.05, 0.1) is 6.26 Å². The van der Waals surface area contributed by atoms with Gasteiger partial charge in [-0.05, 0) is 47.9 Å². The van der Waals surface area contributed by atoms with Crippen molar-refractivity contribution >= 4 is 11.6 Å². The van der Waals surface area contributed by atoms with Crippen LogP contribution in [0.3, 0.4) is 0 Å². The third-order valence-electron chi connectivity index (χ3n) is 2.32. The molecule has 0 saturated heterocycles. The quantitative estimate of drug-likeness (QED) is 0.872. The molecule has 0 spiro atoms. The van der Waals surface area contributed by atoms with Crippen LogP contribution in [0.4, 0.5) is 4.39 Å². The fourth-order valence-corrected chi connectivity index (χ4v) is 1.82. The molecule has 0 aliphatic rings. The Morgan fingerprint density at radius 2 is 2.12 bits per heavy atom. The first kappa shape index (κ1) is 11.2. The summed E-state index contributed by atoms with van der Waals surface area (Å²) in [6.07, 6.45) is 0.410. The Hall–Kier alpha value is -1.32. The highest BCUT2D eigenvalue weighted by Gasteiger charge is 2.17. The van der Waals surface area contributed by atoms with Gasteiger partial charge in [-0.15, -0.1) is 0 Å². The Morgan fingerprint density at radius 1 is 1.38 bits per heavy atom. The number of hydrogen-bond donors (Lipinski definition) is 1. The summed E-state index contributed by atoms with van der Waals surface area (Å²) in [6.45, 7) is 1.76. The molecule has 2 rings (SSSR count). The van der Waals surface area contributed by atoms with Crippen LogP contribution in [0, 0.1) is 12.7 Å². The number of hydrogen-bond acceptors (Lipinski definition) is 2.